The number of nitrogens with two attached hydrogens (primary N) is 2. The van der Waals surface area contributed by atoms with Gasteiger partial charge in [0.25, 0.3) is 0 Å². The molecule has 0 heterocycles. The Morgan fingerprint density at radius 3 is 2.47 bits per heavy atom. The Hall–Kier alpha value is -4.07. The molecule has 0 aliphatic rings. The minimum Gasteiger partial charge on any atom is -0.445 e. The molecule has 0 bridgehead atoms. The van der Waals surface area contributed by atoms with E-state index < -0.39 is 12.1 Å². The molecule has 7 N–H and O–H groups in total. The zero-order chi connectivity index (χ0) is 22.9. The minimum atomic E-state index is -0.838. The van der Waals surface area contributed by atoms with E-state index in [-0.39, 0.29) is 18.3 Å². The number of alkyl carbamates (subject to hydrolysis) is 1. The van der Waals surface area contributed by atoms with Crippen LogP contribution in [-0.4, -0.2) is 30.4 Å². The van der Waals surface area contributed by atoms with Crippen molar-refractivity contribution < 1.29 is 14.3 Å². The standard InChI is InChI=1S/C24H27N5O3/c25-21-18-10-5-4-9-17(18)12-13-19(21)22(30)20(11-6-14-28-23(26)27)29-24(31)32-15-16-7-2-1-3-8-16/h1-5,7-10,12-13,20H,6,11,14-15,25H2,(H,29,31)(H4,26,27,28)/t20-/m0/s1. The number of hydrogen-bond acceptors (Lipinski definition) is 5. The minimum absolute atomic E-state index is 0.0948. The Bertz CT molecular complexity index is 1100. The highest BCUT2D eigenvalue weighted by atomic mass is 16.5. The van der Waals surface area contributed by atoms with E-state index >= 15 is 0 Å². The highest BCUT2D eigenvalue weighted by molar-refractivity contribution is 6.11. The lowest BCUT2D eigenvalue weighted by Crippen LogP contribution is -2.42. The summed E-state index contributed by atoms with van der Waals surface area (Å²) in [7, 11) is 0. The van der Waals surface area contributed by atoms with Crippen LogP contribution in [0.2, 0.25) is 0 Å². The third kappa shape index (κ3) is 5.98. The highest BCUT2D eigenvalue weighted by Crippen LogP contribution is 2.26. The largest absolute Gasteiger partial charge is 0.445 e. The van der Waals surface area contributed by atoms with E-state index in [4.69, 9.17) is 21.6 Å². The smallest absolute Gasteiger partial charge is 0.408 e. The van der Waals surface area contributed by atoms with Crippen LogP contribution < -0.4 is 22.1 Å². The summed E-state index contributed by atoms with van der Waals surface area (Å²) in [5.74, 6) is -0.449. The number of carbonyl (C=O) groups is 2. The maximum absolute atomic E-state index is 13.3. The molecule has 3 aromatic rings. The lowest BCUT2D eigenvalue weighted by molar-refractivity contribution is 0.0910. The molecule has 0 radical (unpaired) electrons. The molecule has 166 valence electrons. The SMILES string of the molecule is N=C(N)NCCC[C@H](NC(=O)OCc1ccccc1)C(=O)c1ccc2ccccc2c1N. The third-order valence-corrected chi connectivity index (χ3v) is 5.04. The number of nitrogens with one attached hydrogen (secondary N) is 3. The average molecular weight is 434 g/mol. The van der Waals surface area contributed by atoms with Gasteiger partial charge in [0.2, 0.25) is 0 Å². The van der Waals surface area contributed by atoms with Crippen LogP contribution in [0.4, 0.5) is 10.5 Å². The zero-order valence-corrected chi connectivity index (χ0v) is 17.6. The highest BCUT2D eigenvalue weighted by Gasteiger charge is 2.25. The van der Waals surface area contributed by atoms with E-state index in [2.05, 4.69) is 10.6 Å². The molecule has 0 aromatic heterocycles. The molecule has 3 aromatic carbocycles. The molecule has 0 fully saturated rings. The van der Waals surface area contributed by atoms with Crippen molar-refractivity contribution in [1.82, 2.24) is 10.6 Å². The van der Waals surface area contributed by atoms with Crippen molar-refractivity contribution in [3.05, 3.63) is 77.9 Å². The summed E-state index contributed by atoms with van der Waals surface area (Å²) in [5, 5.41) is 14.3. The van der Waals surface area contributed by atoms with Crippen LogP contribution in [0.25, 0.3) is 10.8 Å². The molecular weight excluding hydrogens is 406 g/mol. The fraction of sp³-hybridized carbons (Fsp3) is 0.208. The van der Waals surface area contributed by atoms with Crippen molar-refractivity contribution in [3.8, 4) is 0 Å². The number of guanidine groups is 1. The summed E-state index contributed by atoms with van der Waals surface area (Å²) >= 11 is 0. The number of rotatable bonds is 9. The molecule has 8 heteroatoms. The van der Waals surface area contributed by atoms with Crippen molar-refractivity contribution >= 4 is 34.3 Å². The van der Waals surface area contributed by atoms with Crippen LogP contribution in [0, 0.1) is 5.41 Å². The number of fused-ring (bicyclic) bond motifs is 1. The second kappa shape index (κ2) is 10.8. The molecular formula is C24H27N5O3. The Morgan fingerprint density at radius 1 is 1.00 bits per heavy atom. The maximum atomic E-state index is 13.3. The first-order valence-electron chi connectivity index (χ1n) is 10.3. The van der Waals surface area contributed by atoms with E-state index in [9.17, 15) is 9.59 Å². The number of ketones is 1. The second-order valence-electron chi connectivity index (χ2n) is 7.35. The van der Waals surface area contributed by atoms with Gasteiger partial charge >= 0.3 is 6.09 Å². The molecule has 1 amide bonds. The van der Waals surface area contributed by atoms with Crippen molar-refractivity contribution in [1.29, 1.82) is 5.41 Å². The topological polar surface area (TPSA) is 143 Å². The quantitative estimate of drug-likeness (QED) is 0.115. The van der Waals surface area contributed by atoms with Gasteiger partial charge in [-0.05, 0) is 29.9 Å². The summed E-state index contributed by atoms with van der Waals surface area (Å²) in [6.45, 7) is 0.491. The van der Waals surface area contributed by atoms with E-state index in [0.717, 1.165) is 16.3 Å². The molecule has 0 aliphatic heterocycles. The Labute approximate surface area is 186 Å². The molecule has 0 spiro atoms. The first-order chi connectivity index (χ1) is 15.5. The fourth-order valence-corrected chi connectivity index (χ4v) is 3.40. The summed E-state index contributed by atoms with van der Waals surface area (Å²) < 4.78 is 5.29. The number of hydrogen-bond donors (Lipinski definition) is 5. The first kappa shape index (κ1) is 22.6. The van der Waals surface area contributed by atoms with Gasteiger partial charge in [0.05, 0.1) is 11.7 Å². The van der Waals surface area contributed by atoms with Gasteiger partial charge in [-0.25, -0.2) is 4.79 Å². The number of nitrogen functional groups attached to an aromatic ring is 1. The molecule has 3 rings (SSSR count). The average Bonchev–Trinajstić information content (AvgIpc) is 2.80. The van der Waals surface area contributed by atoms with Gasteiger partial charge in [-0.1, -0.05) is 60.7 Å². The van der Waals surface area contributed by atoms with Gasteiger partial charge in [-0.15, -0.1) is 0 Å². The lowest BCUT2D eigenvalue weighted by atomic mass is 9.95. The molecule has 8 nitrogen and oxygen atoms in total. The van der Waals surface area contributed by atoms with Crippen LogP contribution in [0.1, 0.15) is 28.8 Å². The lowest BCUT2D eigenvalue weighted by Gasteiger charge is -2.19. The molecule has 0 saturated heterocycles. The summed E-state index contributed by atoms with van der Waals surface area (Å²) in [6.07, 6.45) is 0.139. The van der Waals surface area contributed by atoms with Crippen LogP contribution >= 0.6 is 0 Å². The summed E-state index contributed by atoms with van der Waals surface area (Å²) in [6, 6.07) is 19.5. The molecule has 32 heavy (non-hydrogen) atoms. The zero-order valence-electron chi connectivity index (χ0n) is 17.6. The second-order valence-corrected chi connectivity index (χ2v) is 7.35. The normalized spacial score (nSPS) is 11.5. The van der Waals surface area contributed by atoms with Gasteiger partial charge in [0.15, 0.2) is 11.7 Å². The van der Waals surface area contributed by atoms with Gasteiger partial charge in [0, 0.05) is 17.5 Å². The number of carbonyl (C=O) groups excluding carboxylic acids is 2. The number of anilines is 1. The number of benzene rings is 3. The Balaban J connectivity index is 1.73. The van der Waals surface area contributed by atoms with Crippen LogP contribution in [0.15, 0.2) is 66.7 Å². The van der Waals surface area contributed by atoms with E-state index in [0.29, 0.717) is 30.6 Å². The summed E-state index contributed by atoms with van der Waals surface area (Å²) in [5.41, 5.74) is 13.2. The third-order valence-electron chi connectivity index (χ3n) is 5.04. The monoisotopic (exact) mass is 433 g/mol. The van der Waals surface area contributed by atoms with Gasteiger partial charge in [-0.2, -0.15) is 0 Å². The van der Waals surface area contributed by atoms with Crippen molar-refractivity contribution in [3.63, 3.8) is 0 Å². The maximum Gasteiger partial charge on any atom is 0.408 e. The Morgan fingerprint density at radius 2 is 1.72 bits per heavy atom. The predicted octanol–water partition coefficient (Wildman–Crippen LogP) is 3.16. The van der Waals surface area contributed by atoms with Crippen molar-refractivity contribution in [2.75, 3.05) is 12.3 Å². The fourth-order valence-electron chi connectivity index (χ4n) is 3.40. The molecule has 0 aliphatic carbocycles. The van der Waals surface area contributed by atoms with Crippen molar-refractivity contribution in [2.24, 2.45) is 5.73 Å². The van der Waals surface area contributed by atoms with Gasteiger partial charge < -0.3 is 26.8 Å². The van der Waals surface area contributed by atoms with Crippen LogP contribution in [0.5, 0.6) is 0 Å². The van der Waals surface area contributed by atoms with Crippen LogP contribution in [0.3, 0.4) is 0 Å². The van der Waals surface area contributed by atoms with Gasteiger partial charge in [-0.3, -0.25) is 10.2 Å². The molecule has 0 saturated carbocycles. The number of ether oxygens (including phenoxy) is 1. The van der Waals surface area contributed by atoms with Crippen molar-refractivity contribution in [2.45, 2.75) is 25.5 Å². The Kier molecular flexibility index (Phi) is 7.64. The van der Waals surface area contributed by atoms with E-state index in [1.807, 2.05) is 60.7 Å². The van der Waals surface area contributed by atoms with Crippen LogP contribution in [-0.2, 0) is 11.3 Å². The number of amides is 1. The van der Waals surface area contributed by atoms with E-state index in [1.165, 1.54) is 0 Å². The predicted molar refractivity (Wildman–Crippen MR) is 125 cm³/mol. The van der Waals surface area contributed by atoms with E-state index in [1.54, 1.807) is 6.07 Å². The first-order valence-corrected chi connectivity index (χ1v) is 10.3. The summed E-state index contributed by atoms with van der Waals surface area (Å²) in [4.78, 5) is 25.7. The van der Waals surface area contributed by atoms with Gasteiger partial charge in [0.1, 0.15) is 6.61 Å². The molecule has 1 atom stereocenters. The molecule has 0 unspecified atom stereocenters. The number of Topliss-reactive ketones (excluding diaryl/α,β-unsaturated/α-hetero) is 1.